The maximum Gasteiger partial charge on any atom is 0.227 e. The van der Waals surface area contributed by atoms with Crippen molar-refractivity contribution >= 4 is 29.1 Å². The van der Waals surface area contributed by atoms with Crippen molar-refractivity contribution in [3.63, 3.8) is 0 Å². The molecule has 0 radical (unpaired) electrons. The maximum absolute atomic E-state index is 11.8. The zero-order valence-electron chi connectivity index (χ0n) is 9.44. The molecular formula is C12H13ClN2O2. The first-order chi connectivity index (χ1) is 8.13. The minimum atomic E-state index is -0.288. The third kappa shape index (κ3) is 2.26. The highest BCUT2D eigenvalue weighted by molar-refractivity contribution is 6.33. The van der Waals surface area contributed by atoms with Crippen molar-refractivity contribution in [2.24, 2.45) is 5.92 Å². The number of para-hydroxylation sites is 1. The number of amides is 2. The largest absolute Gasteiger partial charge is 0.359 e. The van der Waals surface area contributed by atoms with Gasteiger partial charge in [-0.25, -0.2) is 0 Å². The van der Waals surface area contributed by atoms with Crippen molar-refractivity contribution in [1.29, 1.82) is 0 Å². The molecule has 90 valence electrons. The summed E-state index contributed by atoms with van der Waals surface area (Å²) >= 11 is 6.04. The first-order valence-corrected chi connectivity index (χ1v) is 5.77. The molecule has 1 aromatic rings. The van der Waals surface area contributed by atoms with E-state index < -0.39 is 0 Å². The molecule has 1 N–H and O–H groups in total. The van der Waals surface area contributed by atoms with Crippen LogP contribution in [0.15, 0.2) is 24.3 Å². The van der Waals surface area contributed by atoms with Gasteiger partial charge in [-0.2, -0.15) is 0 Å². The van der Waals surface area contributed by atoms with Gasteiger partial charge >= 0.3 is 0 Å². The van der Waals surface area contributed by atoms with E-state index in [9.17, 15) is 9.59 Å². The van der Waals surface area contributed by atoms with Crippen molar-refractivity contribution in [1.82, 2.24) is 5.32 Å². The average Bonchev–Trinajstić information content (AvgIpc) is 2.71. The molecule has 0 bridgehead atoms. The minimum absolute atomic E-state index is 0.0632. The Morgan fingerprint density at radius 2 is 2.18 bits per heavy atom. The van der Waals surface area contributed by atoms with Gasteiger partial charge in [-0.3, -0.25) is 9.59 Å². The molecule has 0 unspecified atom stereocenters. The second-order valence-corrected chi connectivity index (χ2v) is 4.38. The SMILES string of the molecule is CNC(=O)[C@H]1CC(=O)N(c2ccccc2Cl)C1. The van der Waals surface area contributed by atoms with Crippen LogP contribution in [-0.4, -0.2) is 25.4 Å². The molecule has 1 heterocycles. The summed E-state index contributed by atoms with van der Waals surface area (Å²) < 4.78 is 0. The fourth-order valence-electron chi connectivity index (χ4n) is 1.99. The average molecular weight is 253 g/mol. The van der Waals surface area contributed by atoms with E-state index in [1.807, 2.05) is 12.1 Å². The lowest BCUT2D eigenvalue weighted by Crippen LogP contribution is -2.30. The summed E-state index contributed by atoms with van der Waals surface area (Å²) in [5.74, 6) is -0.455. The monoisotopic (exact) mass is 252 g/mol. The van der Waals surface area contributed by atoms with E-state index in [0.717, 1.165) is 0 Å². The smallest absolute Gasteiger partial charge is 0.227 e. The Balaban J connectivity index is 2.22. The predicted octanol–water partition coefficient (Wildman–Crippen LogP) is 1.44. The zero-order valence-corrected chi connectivity index (χ0v) is 10.2. The standard InChI is InChI=1S/C12H13ClN2O2/c1-14-12(17)8-6-11(16)15(7-8)10-5-3-2-4-9(10)13/h2-5,8H,6-7H2,1H3,(H,14,17)/t8-/m0/s1. The topological polar surface area (TPSA) is 49.4 Å². The quantitative estimate of drug-likeness (QED) is 0.866. The van der Waals surface area contributed by atoms with Crippen molar-refractivity contribution in [3.05, 3.63) is 29.3 Å². The van der Waals surface area contributed by atoms with Crippen LogP contribution in [0.2, 0.25) is 5.02 Å². The van der Waals surface area contributed by atoms with Gasteiger partial charge in [0.2, 0.25) is 11.8 Å². The van der Waals surface area contributed by atoms with E-state index in [-0.39, 0.29) is 24.2 Å². The van der Waals surface area contributed by atoms with Crippen molar-refractivity contribution < 1.29 is 9.59 Å². The minimum Gasteiger partial charge on any atom is -0.359 e. The summed E-state index contributed by atoms with van der Waals surface area (Å²) in [5.41, 5.74) is 0.672. The third-order valence-electron chi connectivity index (χ3n) is 2.89. The third-order valence-corrected chi connectivity index (χ3v) is 3.21. The van der Waals surface area contributed by atoms with Crippen LogP contribution < -0.4 is 10.2 Å². The summed E-state index contributed by atoms with van der Waals surface area (Å²) in [5, 5.41) is 3.09. The van der Waals surface area contributed by atoms with E-state index in [2.05, 4.69) is 5.32 Å². The molecule has 2 amide bonds. The summed E-state index contributed by atoms with van der Waals surface area (Å²) in [4.78, 5) is 24.9. The molecule has 1 atom stereocenters. The van der Waals surface area contributed by atoms with E-state index in [1.165, 1.54) is 0 Å². The van der Waals surface area contributed by atoms with E-state index in [4.69, 9.17) is 11.6 Å². The molecule has 0 saturated carbocycles. The molecule has 1 saturated heterocycles. The lowest BCUT2D eigenvalue weighted by atomic mass is 10.1. The van der Waals surface area contributed by atoms with Crippen LogP contribution in [0.3, 0.4) is 0 Å². The lowest BCUT2D eigenvalue weighted by Gasteiger charge is -2.17. The highest BCUT2D eigenvalue weighted by Gasteiger charge is 2.35. The fourth-order valence-corrected chi connectivity index (χ4v) is 2.23. The number of rotatable bonds is 2. The number of benzene rings is 1. The summed E-state index contributed by atoms with van der Waals surface area (Å²) in [7, 11) is 1.57. The molecule has 2 rings (SSSR count). The first kappa shape index (κ1) is 11.9. The van der Waals surface area contributed by atoms with E-state index >= 15 is 0 Å². The number of hydrogen-bond donors (Lipinski definition) is 1. The normalized spacial score (nSPS) is 19.5. The van der Waals surface area contributed by atoms with Gasteiger partial charge in [0.05, 0.1) is 16.6 Å². The van der Waals surface area contributed by atoms with Gasteiger partial charge in [-0.1, -0.05) is 23.7 Å². The summed E-state index contributed by atoms with van der Waals surface area (Å²) in [6.07, 6.45) is 0.241. The Morgan fingerprint density at radius 1 is 1.47 bits per heavy atom. The molecule has 1 aliphatic heterocycles. The summed E-state index contributed by atoms with van der Waals surface area (Å²) in [6.45, 7) is 0.391. The Labute approximate surface area is 105 Å². The number of halogens is 1. The molecule has 17 heavy (non-hydrogen) atoms. The fraction of sp³-hybridized carbons (Fsp3) is 0.333. The Bertz CT molecular complexity index is 462. The Hall–Kier alpha value is -1.55. The van der Waals surface area contributed by atoms with Gasteiger partial charge in [0.25, 0.3) is 0 Å². The van der Waals surface area contributed by atoms with E-state index in [0.29, 0.717) is 17.3 Å². The number of carbonyl (C=O) groups is 2. The number of hydrogen-bond acceptors (Lipinski definition) is 2. The number of nitrogens with one attached hydrogen (secondary N) is 1. The molecule has 4 nitrogen and oxygen atoms in total. The summed E-state index contributed by atoms with van der Waals surface area (Å²) in [6, 6.07) is 7.15. The van der Waals surface area contributed by atoms with Gasteiger partial charge < -0.3 is 10.2 Å². The van der Waals surface area contributed by atoms with Gasteiger partial charge in [0.1, 0.15) is 0 Å². The number of nitrogens with zero attached hydrogens (tertiary/aromatic N) is 1. The van der Waals surface area contributed by atoms with Gasteiger partial charge in [0, 0.05) is 20.0 Å². The molecular weight excluding hydrogens is 240 g/mol. The molecule has 1 aromatic carbocycles. The van der Waals surface area contributed by atoms with Crippen LogP contribution in [0.1, 0.15) is 6.42 Å². The first-order valence-electron chi connectivity index (χ1n) is 5.40. The molecule has 5 heteroatoms. The maximum atomic E-state index is 11.8. The predicted molar refractivity (Wildman–Crippen MR) is 66.0 cm³/mol. The van der Waals surface area contributed by atoms with Crippen LogP contribution >= 0.6 is 11.6 Å². The van der Waals surface area contributed by atoms with Crippen LogP contribution in [0, 0.1) is 5.92 Å². The van der Waals surface area contributed by atoms with Crippen LogP contribution in [0.5, 0.6) is 0 Å². The lowest BCUT2D eigenvalue weighted by molar-refractivity contribution is -0.125. The number of anilines is 1. The highest BCUT2D eigenvalue weighted by Crippen LogP contribution is 2.30. The van der Waals surface area contributed by atoms with Crippen molar-refractivity contribution in [2.45, 2.75) is 6.42 Å². The van der Waals surface area contributed by atoms with E-state index in [1.54, 1.807) is 24.1 Å². The second-order valence-electron chi connectivity index (χ2n) is 3.97. The molecule has 1 fully saturated rings. The van der Waals surface area contributed by atoms with Gasteiger partial charge in [0.15, 0.2) is 0 Å². The van der Waals surface area contributed by atoms with Crippen LogP contribution in [0.25, 0.3) is 0 Å². The molecule has 1 aliphatic rings. The molecule has 0 aliphatic carbocycles. The van der Waals surface area contributed by atoms with Gasteiger partial charge in [-0.05, 0) is 12.1 Å². The zero-order chi connectivity index (χ0) is 12.4. The number of carbonyl (C=O) groups excluding carboxylic acids is 2. The highest BCUT2D eigenvalue weighted by atomic mass is 35.5. The molecule has 0 aromatic heterocycles. The Morgan fingerprint density at radius 3 is 2.82 bits per heavy atom. The van der Waals surface area contributed by atoms with Crippen LogP contribution in [-0.2, 0) is 9.59 Å². The van der Waals surface area contributed by atoms with Crippen LogP contribution in [0.4, 0.5) is 5.69 Å². The Kier molecular flexibility index (Phi) is 3.33. The van der Waals surface area contributed by atoms with Crippen molar-refractivity contribution in [2.75, 3.05) is 18.5 Å². The second kappa shape index (κ2) is 4.75. The molecule has 0 spiro atoms. The van der Waals surface area contributed by atoms with Crippen molar-refractivity contribution in [3.8, 4) is 0 Å². The van der Waals surface area contributed by atoms with Gasteiger partial charge in [-0.15, -0.1) is 0 Å².